The van der Waals surface area contributed by atoms with Gasteiger partial charge in [0.05, 0.1) is 16.1 Å². The molecular formula is C23H21ClN2O6. The number of hydrogen-bond donors (Lipinski definition) is 2. The van der Waals surface area contributed by atoms with Crippen LogP contribution in [0.3, 0.4) is 0 Å². The lowest BCUT2D eigenvalue weighted by molar-refractivity contribution is -0.123. The molecule has 0 fully saturated rings. The van der Waals surface area contributed by atoms with Crippen molar-refractivity contribution < 1.29 is 28.7 Å². The Balaban J connectivity index is 1.67. The van der Waals surface area contributed by atoms with Crippen molar-refractivity contribution in [2.45, 2.75) is 20.3 Å². The molecule has 0 saturated carbocycles. The molecule has 0 aliphatic heterocycles. The zero-order valence-electron chi connectivity index (χ0n) is 17.5. The summed E-state index contributed by atoms with van der Waals surface area (Å²) in [5.41, 5.74) is 0.296. The highest BCUT2D eigenvalue weighted by Gasteiger charge is 2.33. The van der Waals surface area contributed by atoms with E-state index >= 15 is 0 Å². The minimum atomic E-state index is -0.965. The normalized spacial score (nSPS) is 12.1. The first-order valence-corrected chi connectivity index (χ1v) is 10.3. The van der Waals surface area contributed by atoms with Gasteiger partial charge in [-0.3, -0.25) is 19.7 Å². The molecule has 2 aromatic rings. The Labute approximate surface area is 189 Å². The van der Waals surface area contributed by atoms with Crippen molar-refractivity contribution in [1.82, 2.24) is 10.6 Å². The van der Waals surface area contributed by atoms with Crippen molar-refractivity contribution >= 4 is 41.1 Å². The van der Waals surface area contributed by atoms with Crippen LogP contribution >= 0.6 is 11.6 Å². The predicted molar refractivity (Wildman–Crippen MR) is 116 cm³/mol. The molecular weight excluding hydrogens is 436 g/mol. The number of fused-ring (bicyclic) bond motifs is 2. The topological polar surface area (TPSA) is 119 Å². The van der Waals surface area contributed by atoms with Crippen LogP contribution in [0.25, 0.3) is 0 Å². The number of carbonyl (C=O) groups is 5. The highest BCUT2D eigenvalue weighted by atomic mass is 35.5. The van der Waals surface area contributed by atoms with Crippen molar-refractivity contribution in [3.05, 3.63) is 69.2 Å². The molecule has 2 aromatic carbocycles. The standard InChI is InChI=1S/C23H21ClN2O6/c1-12(2)9-10-25-23(31)26-17(27)11-32-22(30)16-8-7-15-18(19(16)24)21(29)14-6-4-3-5-13(14)20(15)28/h3-8,12H,9-11H2,1-2H3,(H2,25,26,27,31). The predicted octanol–water partition coefficient (Wildman–Crippen LogP) is 3.14. The van der Waals surface area contributed by atoms with Gasteiger partial charge in [0.1, 0.15) is 0 Å². The average Bonchev–Trinajstić information content (AvgIpc) is 2.75. The smallest absolute Gasteiger partial charge is 0.340 e. The van der Waals surface area contributed by atoms with Crippen LogP contribution in [0.15, 0.2) is 36.4 Å². The fraction of sp³-hybridized carbons (Fsp3) is 0.261. The molecule has 0 atom stereocenters. The molecule has 0 spiro atoms. The average molecular weight is 457 g/mol. The van der Waals surface area contributed by atoms with Gasteiger partial charge in [-0.1, -0.05) is 49.7 Å². The number of urea groups is 1. The number of amides is 3. The fourth-order valence-electron chi connectivity index (χ4n) is 3.19. The maximum atomic E-state index is 12.9. The summed E-state index contributed by atoms with van der Waals surface area (Å²) in [4.78, 5) is 61.5. The van der Waals surface area contributed by atoms with E-state index in [2.05, 4.69) is 10.6 Å². The first kappa shape index (κ1) is 23.1. The van der Waals surface area contributed by atoms with Crippen LogP contribution in [0.5, 0.6) is 0 Å². The van der Waals surface area contributed by atoms with E-state index in [1.807, 2.05) is 13.8 Å². The van der Waals surface area contributed by atoms with Gasteiger partial charge in [0.25, 0.3) is 5.91 Å². The number of hydrogen-bond acceptors (Lipinski definition) is 6. The van der Waals surface area contributed by atoms with Gasteiger partial charge in [-0.15, -0.1) is 0 Å². The molecule has 1 aliphatic rings. The van der Waals surface area contributed by atoms with Crippen LogP contribution in [0.1, 0.15) is 62.5 Å². The highest BCUT2D eigenvalue weighted by molar-refractivity contribution is 6.41. The Kier molecular flexibility index (Phi) is 7.05. The molecule has 0 aromatic heterocycles. The zero-order chi connectivity index (χ0) is 23.4. The lowest BCUT2D eigenvalue weighted by atomic mass is 9.83. The Bertz CT molecular complexity index is 1130. The molecule has 0 radical (unpaired) electrons. The van der Waals surface area contributed by atoms with Crippen molar-refractivity contribution in [3.63, 3.8) is 0 Å². The third-order valence-electron chi connectivity index (χ3n) is 4.84. The molecule has 0 unspecified atom stereocenters. The van der Waals surface area contributed by atoms with E-state index in [1.165, 1.54) is 18.2 Å². The summed E-state index contributed by atoms with van der Waals surface area (Å²) in [5.74, 6) is -2.25. The number of benzene rings is 2. The Hall–Kier alpha value is -3.52. The van der Waals surface area contributed by atoms with Gasteiger partial charge >= 0.3 is 12.0 Å². The van der Waals surface area contributed by atoms with E-state index < -0.39 is 30.3 Å². The van der Waals surface area contributed by atoms with E-state index in [0.29, 0.717) is 12.5 Å². The maximum absolute atomic E-state index is 12.9. The number of imide groups is 1. The first-order valence-electron chi connectivity index (χ1n) is 9.96. The molecule has 9 heteroatoms. The molecule has 8 nitrogen and oxygen atoms in total. The Morgan fingerprint density at radius 1 is 0.969 bits per heavy atom. The lowest BCUT2D eigenvalue weighted by Gasteiger charge is -2.19. The number of ether oxygens (including phenoxy) is 1. The van der Waals surface area contributed by atoms with Crippen LogP contribution in [-0.2, 0) is 9.53 Å². The molecule has 166 valence electrons. The minimum Gasteiger partial charge on any atom is -0.452 e. The van der Waals surface area contributed by atoms with Gasteiger partial charge in [0.15, 0.2) is 18.2 Å². The fourth-order valence-corrected chi connectivity index (χ4v) is 3.52. The number of ketones is 2. The van der Waals surface area contributed by atoms with Crippen LogP contribution in [0.4, 0.5) is 4.79 Å². The summed E-state index contributed by atoms with van der Waals surface area (Å²) < 4.78 is 4.93. The summed E-state index contributed by atoms with van der Waals surface area (Å²) in [7, 11) is 0. The molecule has 0 bridgehead atoms. The van der Waals surface area contributed by atoms with E-state index in [9.17, 15) is 24.0 Å². The third kappa shape index (κ3) is 4.86. The highest BCUT2D eigenvalue weighted by Crippen LogP contribution is 2.34. The summed E-state index contributed by atoms with van der Waals surface area (Å²) >= 11 is 6.29. The van der Waals surface area contributed by atoms with Gasteiger partial charge in [-0.2, -0.15) is 0 Å². The molecule has 3 rings (SSSR count). The van der Waals surface area contributed by atoms with E-state index in [4.69, 9.17) is 16.3 Å². The van der Waals surface area contributed by atoms with Crippen molar-refractivity contribution in [3.8, 4) is 0 Å². The quantitative estimate of drug-likeness (QED) is 0.550. The number of esters is 1. The second kappa shape index (κ2) is 9.74. The van der Waals surface area contributed by atoms with Crippen molar-refractivity contribution in [1.29, 1.82) is 0 Å². The molecule has 0 saturated heterocycles. The molecule has 1 aliphatic carbocycles. The van der Waals surface area contributed by atoms with Crippen LogP contribution < -0.4 is 10.6 Å². The van der Waals surface area contributed by atoms with Crippen molar-refractivity contribution in [2.24, 2.45) is 5.92 Å². The summed E-state index contributed by atoms with van der Waals surface area (Å²) in [6.07, 6.45) is 0.749. The largest absolute Gasteiger partial charge is 0.452 e. The van der Waals surface area contributed by atoms with Crippen LogP contribution in [0.2, 0.25) is 5.02 Å². The summed E-state index contributed by atoms with van der Waals surface area (Å²) in [6.45, 7) is 3.67. The van der Waals surface area contributed by atoms with Gasteiger partial charge in [-0.25, -0.2) is 9.59 Å². The van der Waals surface area contributed by atoms with Gasteiger partial charge in [0.2, 0.25) is 0 Å². The SMILES string of the molecule is CC(C)CCNC(=O)NC(=O)COC(=O)c1ccc2c(c1Cl)C(=O)c1ccccc1C2=O. The number of carbonyl (C=O) groups excluding carboxylic acids is 5. The van der Waals surface area contributed by atoms with E-state index in [-0.39, 0.29) is 38.6 Å². The zero-order valence-corrected chi connectivity index (χ0v) is 18.2. The maximum Gasteiger partial charge on any atom is 0.340 e. The lowest BCUT2D eigenvalue weighted by Crippen LogP contribution is -2.42. The van der Waals surface area contributed by atoms with Gasteiger partial charge in [-0.05, 0) is 24.5 Å². The second-order valence-electron chi connectivity index (χ2n) is 7.62. The number of rotatable bonds is 6. The van der Waals surface area contributed by atoms with Gasteiger partial charge < -0.3 is 10.1 Å². The van der Waals surface area contributed by atoms with E-state index in [1.54, 1.807) is 18.2 Å². The Morgan fingerprint density at radius 2 is 1.62 bits per heavy atom. The van der Waals surface area contributed by atoms with Gasteiger partial charge in [0, 0.05) is 23.2 Å². The molecule has 2 N–H and O–H groups in total. The van der Waals surface area contributed by atoms with Crippen LogP contribution in [0, 0.1) is 5.92 Å². The number of nitrogens with one attached hydrogen (secondary N) is 2. The van der Waals surface area contributed by atoms with E-state index in [0.717, 1.165) is 6.42 Å². The summed E-state index contributed by atoms with van der Waals surface area (Å²) in [5, 5.41) is 4.34. The van der Waals surface area contributed by atoms with Crippen molar-refractivity contribution in [2.75, 3.05) is 13.2 Å². The minimum absolute atomic E-state index is 0.0844. The second-order valence-corrected chi connectivity index (χ2v) is 7.99. The number of halogens is 1. The first-order chi connectivity index (χ1) is 15.2. The molecule has 0 heterocycles. The molecule has 32 heavy (non-hydrogen) atoms. The summed E-state index contributed by atoms with van der Waals surface area (Å²) in [6, 6.07) is 8.23. The third-order valence-corrected chi connectivity index (χ3v) is 5.24. The molecule has 3 amide bonds. The Morgan fingerprint density at radius 3 is 2.28 bits per heavy atom. The van der Waals surface area contributed by atoms with Crippen LogP contribution in [-0.4, -0.2) is 42.6 Å². The monoisotopic (exact) mass is 456 g/mol.